The van der Waals surface area contributed by atoms with Crippen molar-refractivity contribution >= 4 is 11.9 Å². The van der Waals surface area contributed by atoms with Gasteiger partial charge in [-0.3, -0.25) is 9.91 Å². The van der Waals surface area contributed by atoms with Gasteiger partial charge in [-0.2, -0.15) is 0 Å². The summed E-state index contributed by atoms with van der Waals surface area (Å²) in [5.74, 6) is 0.949. The summed E-state index contributed by atoms with van der Waals surface area (Å²) in [6, 6.07) is 22.4. The third-order valence-corrected chi connectivity index (χ3v) is 6.36. The highest BCUT2D eigenvalue weighted by atomic mass is 16.6. The molecule has 3 aromatic rings. The van der Waals surface area contributed by atoms with Crippen LogP contribution < -0.4 is 5.01 Å². The van der Waals surface area contributed by atoms with Gasteiger partial charge < -0.3 is 9.47 Å². The van der Waals surface area contributed by atoms with Gasteiger partial charge in [0.15, 0.2) is 0 Å². The van der Waals surface area contributed by atoms with E-state index in [2.05, 4.69) is 53.3 Å². The molecule has 5 rings (SSSR count). The number of hydrogen-bond donors (Lipinski definition) is 0. The highest BCUT2D eigenvalue weighted by Gasteiger charge is 2.32. The zero-order valence-electron chi connectivity index (χ0n) is 19.5. The van der Waals surface area contributed by atoms with Gasteiger partial charge in [0.1, 0.15) is 11.9 Å². The van der Waals surface area contributed by atoms with Crippen LogP contribution in [0.15, 0.2) is 72.9 Å². The molecule has 1 aromatic heterocycles. The minimum atomic E-state index is -0.265. The van der Waals surface area contributed by atoms with E-state index in [1.165, 1.54) is 0 Å². The van der Waals surface area contributed by atoms with Gasteiger partial charge in [-0.1, -0.05) is 54.6 Å². The molecule has 3 heterocycles. The van der Waals surface area contributed by atoms with Crippen LogP contribution in [-0.2, 0) is 16.0 Å². The van der Waals surface area contributed by atoms with Gasteiger partial charge in [-0.25, -0.2) is 14.8 Å². The zero-order chi connectivity index (χ0) is 23.3. The van der Waals surface area contributed by atoms with Gasteiger partial charge in [0.25, 0.3) is 0 Å². The maximum absolute atomic E-state index is 12.4. The number of carbonyl (C=O) groups excluding carboxylic acids is 1. The van der Waals surface area contributed by atoms with Crippen LogP contribution in [0, 0.1) is 0 Å². The molecule has 176 valence electrons. The number of aromatic nitrogens is 1. The van der Waals surface area contributed by atoms with Crippen LogP contribution in [0.4, 0.5) is 10.6 Å². The van der Waals surface area contributed by atoms with E-state index in [0.717, 1.165) is 60.9 Å². The highest BCUT2D eigenvalue weighted by Crippen LogP contribution is 2.28. The van der Waals surface area contributed by atoms with Gasteiger partial charge in [0, 0.05) is 37.9 Å². The first-order chi connectivity index (χ1) is 16.7. The predicted octanol–water partition coefficient (Wildman–Crippen LogP) is 4.52. The van der Waals surface area contributed by atoms with E-state index in [4.69, 9.17) is 14.5 Å². The molecule has 1 amide bonds. The number of carbonyl (C=O) groups is 1. The Balaban J connectivity index is 1.22. The molecule has 2 aliphatic rings. The molecule has 1 atom stereocenters. The average molecular weight is 459 g/mol. The third kappa shape index (κ3) is 4.90. The standard InChI is InChI=1S/C27H30N4O3/c1-2-31(30-14-16-33-17-15-30)26-13-12-24(18-28-26)22-10-8-21(9-11-22)19-29-20-25(34-27(29)32)23-6-4-3-5-7-23/h3-13,18,25H,2,14-17,19-20H2,1H3. The molecule has 7 nitrogen and oxygen atoms in total. The van der Waals surface area contributed by atoms with Gasteiger partial charge in [-0.05, 0) is 35.7 Å². The molecule has 0 N–H and O–H groups in total. The number of pyridine rings is 1. The lowest BCUT2D eigenvalue weighted by Crippen LogP contribution is -2.49. The molecule has 34 heavy (non-hydrogen) atoms. The van der Waals surface area contributed by atoms with E-state index < -0.39 is 0 Å². The Labute approximate surface area is 200 Å². The number of rotatable bonds is 7. The maximum Gasteiger partial charge on any atom is 0.410 e. The summed E-state index contributed by atoms with van der Waals surface area (Å²) < 4.78 is 11.0. The van der Waals surface area contributed by atoms with Gasteiger partial charge in [0.2, 0.25) is 0 Å². The van der Waals surface area contributed by atoms with Crippen molar-refractivity contribution in [1.82, 2.24) is 14.9 Å². The lowest BCUT2D eigenvalue weighted by molar-refractivity contribution is 0.0318. The van der Waals surface area contributed by atoms with E-state index >= 15 is 0 Å². The number of amides is 1. The van der Waals surface area contributed by atoms with E-state index in [9.17, 15) is 4.79 Å². The minimum Gasteiger partial charge on any atom is -0.439 e. The molecule has 0 aliphatic carbocycles. The maximum atomic E-state index is 12.4. The molecule has 2 aliphatic heterocycles. The average Bonchev–Trinajstić information content (AvgIpc) is 3.26. The van der Waals surface area contributed by atoms with Crippen molar-refractivity contribution in [1.29, 1.82) is 0 Å². The van der Waals surface area contributed by atoms with Crippen molar-refractivity contribution in [2.45, 2.75) is 19.6 Å². The Bertz CT molecular complexity index is 1080. The Morgan fingerprint density at radius 2 is 1.71 bits per heavy atom. The number of anilines is 1. The Hall–Kier alpha value is -3.42. The Kier molecular flexibility index (Phi) is 6.74. The molecule has 2 fully saturated rings. The lowest BCUT2D eigenvalue weighted by Gasteiger charge is -2.37. The fraction of sp³-hybridized carbons (Fsp3) is 0.333. The number of cyclic esters (lactones) is 1. The number of nitrogens with zero attached hydrogens (tertiary/aromatic N) is 4. The second-order valence-corrected chi connectivity index (χ2v) is 8.55. The third-order valence-electron chi connectivity index (χ3n) is 6.36. The number of hydrazine groups is 1. The minimum absolute atomic E-state index is 0.210. The van der Waals surface area contributed by atoms with Crippen molar-refractivity contribution in [3.8, 4) is 11.1 Å². The van der Waals surface area contributed by atoms with Crippen LogP contribution in [0.5, 0.6) is 0 Å². The van der Waals surface area contributed by atoms with Crippen LogP contribution in [0.25, 0.3) is 11.1 Å². The molecular formula is C27H30N4O3. The summed E-state index contributed by atoms with van der Waals surface area (Å²) in [6.07, 6.45) is 1.45. The molecule has 0 saturated carbocycles. The molecule has 0 spiro atoms. The first kappa shape index (κ1) is 22.4. The van der Waals surface area contributed by atoms with Crippen molar-refractivity contribution in [2.24, 2.45) is 0 Å². The van der Waals surface area contributed by atoms with Crippen LogP contribution in [-0.4, -0.2) is 60.4 Å². The van der Waals surface area contributed by atoms with Gasteiger partial charge in [0.05, 0.1) is 19.8 Å². The number of morpholine rings is 1. The van der Waals surface area contributed by atoms with E-state index in [1.54, 1.807) is 4.90 Å². The lowest BCUT2D eigenvalue weighted by atomic mass is 10.1. The van der Waals surface area contributed by atoms with Gasteiger partial charge >= 0.3 is 6.09 Å². The second kappa shape index (κ2) is 10.2. The summed E-state index contributed by atoms with van der Waals surface area (Å²) >= 11 is 0. The van der Waals surface area contributed by atoms with E-state index in [0.29, 0.717) is 13.1 Å². The monoisotopic (exact) mass is 458 g/mol. The van der Waals surface area contributed by atoms with Crippen LogP contribution in [0.2, 0.25) is 0 Å². The quantitative estimate of drug-likeness (QED) is 0.519. The molecule has 2 aromatic carbocycles. The second-order valence-electron chi connectivity index (χ2n) is 8.55. The summed E-state index contributed by atoms with van der Waals surface area (Å²) in [5, 5.41) is 4.51. The zero-order valence-corrected chi connectivity index (χ0v) is 19.5. The van der Waals surface area contributed by atoms with Crippen molar-refractivity contribution in [3.63, 3.8) is 0 Å². The number of ether oxygens (including phenoxy) is 2. The molecule has 2 saturated heterocycles. The van der Waals surface area contributed by atoms with Crippen molar-refractivity contribution < 1.29 is 14.3 Å². The summed E-state index contributed by atoms with van der Waals surface area (Å²) in [4.78, 5) is 18.8. The smallest absolute Gasteiger partial charge is 0.410 e. The SMILES string of the molecule is CCN(c1ccc(-c2ccc(CN3CC(c4ccccc4)OC3=O)cc2)cn1)N1CCOCC1. The highest BCUT2D eigenvalue weighted by molar-refractivity contribution is 5.70. The van der Waals surface area contributed by atoms with Crippen molar-refractivity contribution in [2.75, 3.05) is 44.4 Å². The summed E-state index contributed by atoms with van der Waals surface area (Å²) in [5.41, 5.74) is 4.27. The largest absolute Gasteiger partial charge is 0.439 e. The van der Waals surface area contributed by atoms with Crippen LogP contribution in [0.1, 0.15) is 24.2 Å². The topological polar surface area (TPSA) is 58.1 Å². The summed E-state index contributed by atoms with van der Waals surface area (Å²) in [6.45, 7) is 7.38. The molecule has 0 bridgehead atoms. The number of hydrogen-bond acceptors (Lipinski definition) is 6. The Morgan fingerprint density at radius 1 is 0.971 bits per heavy atom. The predicted molar refractivity (Wildman–Crippen MR) is 131 cm³/mol. The molecule has 0 radical (unpaired) electrons. The van der Waals surface area contributed by atoms with Crippen LogP contribution >= 0.6 is 0 Å². The molecule has 7 heteroatoms. The first-order valence-electron chi connectivity index (χ1n) is 11.9. The fourth-order valence-corrected chi connectivity index (χ4v) is 4.51. The van der Waals surface area contributed by atoms with E-state index in [-0.39, 0.29) is 12.2 Å². The number of benzene rings is 2. The van der Waals surface area contributed by atoms with Crippen molar-refractivity contribution in [3.05, 3.63) is 84.1 Å². The van der Waals surface area contributed by atoms with E-state index in [1.807, 2.05) is 36.5 Å². The molecule has 1 unspecified atom stereocenters. The van der Waals surface area contributed by atoms with Crippen LogP contribution in [0.3, 0.4) is 0 Å². The summed E-state index contributed by atoms with van der Waals surface area (Å²) in [7, 11) is 0. The Morgan fingerprint density at radius 3 is 2.38 bits per heavy atom. The first-order valence-corrected chi connectivity index (χ1v) is 11.9. The normalized spacial score (nSPS) is 18.7. The molecular weight excluding hydrogens is 428 g/mol. The fourth-order valence-electron chi connectivity index (χ4n) is 4.51. The van der Waals surface area contributed by atoms with Gasteiger partial charge in [-0.15, -0.1) is 0 Å².